The summed E-state index contributed by atoms with van der Waals surface area (Å²) in [6.07, 6.45) is 2.13. The second kappa shape index (κ2) is 5.63. The molecule has 2 aromatic rings. The first kappa shape index (κ1) is 11.9. The third-order valence-corrected chi connectivity index (χ3v) is 3.19. The molecular weight excluding hydrogens is 236 g/mol. The van der Waals surface area contributed by atoms with Crippen LogP contribution in [0.2, 0.25) is 0 Å². The molecule has 2 rings (SSSR count). The van der Waals surface area contributed by atoms with E-state index in [1.54, 1.807) is 24.5 Å². The molecule has 90 valence electrons. The second-order valence-corrected chi connectivity index (χ2v) is 4.42. The number of pyridine rings is 1. The van der Waals surface area contributed by atoms with Crippen LogP contribution in [0.3, 0.4) is 0 Å². The SMILES string of the molecule is CCOC(=O)CCNc1nccc2sccc12. The number of carbonyl (C=O) groups excluding carboxylic acids is 1. The average Bonchev–Trinajstić information content (AvgIpc) is 2.78. The summed E-state index contributed by atoms with van der Waals surface area (Å²) in [7, 11) is 0. The maximum Gasteiger partial charge on any atom is 0.307 e. The van der Waals surface area contributed by atoms with E-state index in [9.17, 15) is 4.79 Å². The summed E-state index contributed by atoms with van der Waals surface area (Å²) < 4.78 is 6.05. The first-order chi connectivity index (χ1) is 8.31. The normalized spacial score (nSPS) is 10.4. The summed E-state index contributed by atoms with van der Waals surface area (Å²) in [5.74, 6) is 0.644. The fourth-order valence-corrected chi connectivity index (χ4v) is 2.33. The molecule has 0 aliphatic heterocycles. The van der Waals surface area contributed by atoms with Crippen molar-refractivity contribution < 1.29 is 9.53 Å². The van der Waals surface area contributed by atoms with Crippen LogP contribution < -0.4 is 5.32 Å². The maximum absolute atomic E-state index is 11.2. The molecule has 2 aromatic heterocycles. The van der Waals surface area contributed by atoms with Gasteiger partial charge in [0.05, 0.1) is 13.0 Å². The Kier molecular flexibility index (Phi) is 3.93. The van der Waals surface area contributed by atoms with Gasteiger partial charge in [-0.3, -0.25) is 4.79 Å². The Morgan fingerprint density at radius 3 is 3.24 bits per heavy atom. The lowest BCUT2D eigenvalue weighted by molar-refractivity contribution is -0.142. The molecule has 0 spiro atoms. The summed E-state index contributed by atoms with van der Waals surface area (Å²) in [4.78, 5) is 15.4. The fourth-order valence-electron chi connectivity index (χ4n) is 1.55. The number of carbonyl (C=O) groups is 1. The van der Waals surface area contributed by atoms with Gasteiger partial charge in [-0.1, -0.05) is 0 Å². The Hall–Kier alpha value is -1.62. The number of thiophene rings is 1. The number of fused-ring (bicyclic) bond motifs is 1. The van der Waals surface area contributed by atoms with Crippen molar-refractivity contribution in [3.63, 3.8) is 0 Å². The van der Waals surface area contributed by atoms with Crippen LogP contribution in [0, 0.1) is 0 Å². The highest BCUT2D eigenvalue weighted by Crippen LogP contribution is 2.25. The highest BCUT2D eigenvalue weighted by Gasteiger charge is 2.04. The van der Waals surface area contributed by atoms with E-state index in [0.29, 0.717) is 19.6 Å². The van der Waals surface area contributed by atoms with Crippen LogP contribution in [0.5, 0.6) is 0 Å². The van der Waals surface area contributed by atoms with Gasteiger partial charge in [-0.05, 0) is 24.4 Å². The van der Waals surface area contributed by atoms with Gasteiger partial charge in [0.25, 0.3) is 0 Å². The van der Waals surface area contributed by atoms with Crippen molar-refractivity contribution in [2.45, 2.75) is 13.3 Å². The Morgan fingerprint density at radius 2 is 2.41 bits per heavy atom. The summed E-state index contributed by atoms with van der Waals surface area (Å²) in [6.45, 7) is 2.77. The van der Waals surface area contributed by atoms with E-state index in [2.05, 4.69) is 10.3 Å². The van der Waals surface area contributed by atoms with E-state index >= 15 is 0 Å². The maximum atomic E-state index is 11.2. The third kappa shape index (κ3) is 2.94. The largest absolute Gasteiger partial charge is 0.466 e. The lowest BCUT2D eigenvalue weighted by atomic mass is 10.3. The van der Waals surface area contributed by atoms with E-state index < -0.39 is 0 Å². The van der Waals surface area contributed by atoms with Crippen LogP contribution in [0.25, 0.3) is 10.1 Å². The van der Waals surface area contributed by atoms with Crippen LogP contribution in [-0.2, 0) is 9.53 Å². The van der Waals surface area contributed by atoms with Gasteiger partial charge in [0.15, 0.2) is 0 Å². The predicted molar refractivity (Wildman–Crippen MR) is 69.4 cm³/mol. The lowest BCUT2D eigenvalue weighted by Crippen LogP contribution is -2.11. The van der Waals surface area contributed by atoms with E-state index in [0.717, 1.165) is 11.2 Å². The van der Waals surface area contributed by atoms with E-state index in [4.69, 9.17) is 4.74 Å². The van der Waals surface area contributed by atoms with Gasteiger partial charge in [-0.15, -0.1) is 11.3 Å². The molecule has 0 unspecified atom stereocenters. The molecule has 0 fully saturated rings. The summed E-state index contributed by atoms with van der Waals surface area (Å²) in [5, 5.41) is 6.29. The van der Waals surface area contributed by atoms with Crippen molar-refractivity contribution in [3.8, 4) is 0 Å². The number of rotatable bonds is 5. The quantitative estimate of drug-likeness (QED) is 0.829. The van der Waals surface area contributed by atoms with Crippen LogP contribution in [0.1, 0.15) is 13.3 Å². The summed E-state index contributed by atoms with van der Waals surface area (Å²) >= 11 is 1.68. The van der Waals surface area contributed by atoms with E-state index in [1.807, 2.05) is 17.5 Å². The number of ether oxygens (including phenoxy) is 1. The van der Waals surface area contributed by atoms with Crippen molar-refractivity contribution >= 4 is 33.2 Å². The van der Waals surface area contributed by atoms with Gasteiger partial charge in [0.2, 0.25) is 0 Å². The third-order valence-electron chi connectivity index (χ3n) is 2.31. The molecule has 0 aromatic carbocycles. The van der Waals surface area contributed by atoms with Crippen molar-refractivity contribution in [1.29, 1.82) is 0 Å². The summed E-state index contributed by atoms with van der Waals surface area (Å²) in [6, 6.07) is 4.01. The molecule has 0 bridgehead atoms. The predicted octanol–water partition coefficient (Wildman–Crippen LogP) is 2.66. The molecule has 0 aliphatic rings. The molecule has 17 heavy (non-hydrogen) atoms. The number of nitrogens with zero attached hydrogens (tertiary/aromatic N) is 1. The van der Waals surface area contributed by atoms with Crippen LogP contribution >= 0.6 is 11.3 Å². The van der Waals surface area contributed by atoms with E-state index in [1.165, 1.54) is 4.70 Å². The Bertz CT molecular complexity index is 510. The molecule has 0 radical (unpaired) electrons. The van der Waals surface area contributed by atoms with Gasteiger partial charge in [0, 0.05) is 22.8 Å². The minimum absolute atomic E-state index is 0.183. The van der Waals surface area contributed by atoms with Gasteiger partial charge in [-0.2, -0.15) is 0 Å². The topological polar surface area (TPSA) is 51.2 Å². The standard InChI is InChI=1S/C12H14N2O2S/c1-2-16-11(15)4-7-14-12-9-5-8-17-10(9)3-6-13-12/h3,5-6,8H,2,4,7H2,1H3,(H,13,14). The van der Waals surface area contributed by atoms with Crippen molar-refractivity contribution in [2.75, 3.05) is 18.5 Å². The first-order valence-electron chi connectivity index (χ1n) is 5.53. The highest BCUT2D eigenvalue weighted by molar-refractivity contribution is 7.17. The molecule has 0 atom stereocenters. The number of aromatic nitrogens is 1. The Labute approximate surface area is 104 Å². The van der Waals surface area contributed by atoms with E-state index in [-0.39, 0.29) is 5.97 Å². The Morgan fingerprint density at radius 1 is 1.53 bits per heavy atom. The zero-order valence-corrected chi connectivity index (χ0v) is 10.4. The van der Waals surface area contributed by atoms with Crippen molar-refractivity contribution in [1.82, 2.24) is 4.98 Å². The van der Waals surface area contributed by atoms with Crippen LogP contribution in [0.4, 0.5) is 5.82 Å². The molecule has 2 heterocycles. The molecule has 0 amide bonds. The molecule has 5 heteroatoms. The minimum atomic E-state index is -0.183. The second-order valence-electron chi connectivity index (χ2n) is 3.47. The van der Waals surface area contributed by atoms with Crippen molar-refractivity contribution in [2.24, 2.45) is 0 Å². The van der Waals surface area contributed by atoms with Gasteiger partial charge in [0.1, 0.15) is 5.82 Å². The first-order valence-corrected chi connectivity index (χ1v) is 6.41. The molecule has 0 saturated carbocycles. The number of anilines is 1. The number of esters is 1. The van der Waals surface area contributed by atoms with Gasteiger partial charge in [-0.25, -0.2) is 4.98 Å². The smallest absolute Gasteiger partial charge is 0.307 e. The fraction of sp³-hybridized carbons (Fsp3) is 0.333. The molecule has 0 aliphatic carbocycles. The van der Waals surface area contributed by atoms with Gasteiger partial charge >= 0.3 is 5.97 Å². The minimum Gasteiger partial charge on any atom is -0.466 e. The zero-order valence-electron chi connectivity index (χ0n) is 9.60. The zero-order chi connectivity index (χ0) is 12.1. The summed E-state index contributed by atoms with van der Waals surface area (Å²) in [5.41, 5.74) is 0. The van der Waals surface area contributed by atoms with Crippen LogP contribution in [-0.4, -0.2) is 24.1 Å². The number of hydrogen-bond donors (Lipinski definition) is 1. The monoisotopic (exact) mass is 250 g/mol. The molecular formula is C12H14N2O2S. The number of nitrogens with one attached hydrogen (secondary N) is 1. The molecule has 0 saturated heterocycles. The molecule has 1 N–H and O–H groups in total. The van der Waals surface area contributed by atoms with Crippen LogP contribution in [0.15, 0.2) is 23.7 Å². The highest BCUT2D eigenvalue weighted by atomic mass is 32.1. The average molecular weight is 250 g/mol. The Balaban J connectivity index is 1.95. The number of hydrogen-bond acceptors (Lipinski definition) is 5. The lowest BCUT2D eigenvalue weighted by Gasteiger charge is -2.06. The van der Waals surface area contributed by atoms with Gasteiger partial charge < -0.3 is 10.1 Å². The molecule has 4 nitrogen and oxygen atoms in total. The van der Waals surface area contributed by atoms with Crippen molar-refractivity contribution in [3.05, 3.63) is 23.7 Å².